The highest BCUT2D eigenvalue weighted by atomic mass is 35.5. The normalized spacial score (nSPS) is 10.9. The van der Waals surface area contributed by atoms with Crippen molar-refractivity contribution in [3.8, 4) is 22.9 Å². The molecule has 0 bridgehead atoms. The van der Waals surface area contributed by atoms with Crippen molar-refractivity contribution in [2.75, 3.05) is 26.6 Å². The molecule has 3 heterocycles. The van der Waals surface area contributed by atoms with Gasteiger partial charge >= 0.3 is 0 Å². The van der Waals surface area contributed by atoms with E-state index in [0.717, 1.165) is 5.69 Å². The van der Waals surface area contributed by atoms with Crippen LogP contribution >= 0.6 is 11.6 Å². The molecule has 9 nitrogen and oxygen atoms in total. The van der Waals surface area contributed by atoms with E-state index >= 15 is 0 Å². The van der Waals surface area contributed by atoms with E-state index in [4.69, 9.17) is 30.2 Å². The molecule has 0 aliphatic heterocycles. The van der Waals surface area contributed by atoms with Gasteiger partial charge in [-0.15, -0.1) is 0 Å². The summed E-state index contributed by atoms with van der Waals surface area (Å²) < 4.78 is 23.4. The van der Waals surface area contributed by atoms with Crippen LogP contribution in [-0.4, -0.2) is 40.8 Å². The first-order valence-corrected chi connectivity index (χ1v) is 8.53. The van der Waals surface area contributed by atoms with Gasteiger partial charge in [-0.25, -0.2) is 9.97 Å². The number of halogens is 1. The second-order valence-corrected chi connectivity index (χ2v) is 5.99. The van der Waals surface area contributed by atoms with E-state index in [1.54, 1.807) is 44.5 Å². The first-order valence-electron chi connectivity index (χ1n) is 8.15. The average molecular weight is 402 g/mol. The van der Waals surface area contributed by atoms with E-state index in [1.807, 2.05) is 12.1 Å². The average Bonchev–Trinajstić information content (AvgIpc) is 3.36. The van der Waals surface area contributed by atoms with E-state index in [9.17, 15) is 0 Å². The predicted octanol–water partition coefficient (Wildman–Crippen LogP) is 3.83. The first-order chi connectivity index (χ1) is 13.6. The maximum Gasteiger partial charge on any atom is 0.225 e. The molecule has 1 N–H and O–H groups in total. The number of hydrogen-bond acceptors (Lipinski definition) is 8. The van der Waals surface area contributed by atoms with Crippen LogP contribution in [0.25, 0.3) is 16.8 Å². The highest BCUT2D eigenvalue weighted by molar-refractivity contribution is 6.28. The summed E-state index contributed by atoms with van der Waals surface area (Å²) in [6.45, 7) is 0. The number of methoxy groups -OCH3 is 3. The molecule has 0 unspecified atom stereocenters. The summed E-state index contributed by atoms with van der Waals surface area (Å²) in [4.78, 5) is 12.6. The number of imidazole rings is 1. The van der Waals surface area contributed by atoms with Crippen molar-refractivity contribution in [3.05, 3.63) is 42.3 Å². The van der Waals surface area contributed by atoms with Crippen LogP contribution in [0.15, 0.2) is 41.4 Å². The molecule has 0 spiro atoms. The van der Waals surface area contributed by atoms with Crippen LogP contribution in [0.3, 0.4) is 0 Å². The Balaban J connectivity index is 1.69. The molecule has 0 aliphatic carbocycles. The topological polar surface area (TPSA) is 96.5 Å². The molecular formula is C18H16ClN5O4. The Hall–Kier alpha value is -3.46. The minimum atomic E-state index is 0.112. The number of nitrogens with zero attached hydrogens (tertiary/aromatic N) is 4. The van der Waals surface area contributed by atoms with Crippen LogP contribution in [0.2, 0.25) is 5.28 Å². The number of nitrogens with one attached hydrogen (secondary N) is 1. The quantitative estimate of drug-likeness (QED) is 0.487. The molecule has 0 amide bonds. The van der Waals surface area contributed by atoms with Crippen LogP contribution in [0, 0.1) is 0 Å². The van der Waals surface area contributed by atoms with Gasteiger partial charge < -0.3 is 28.5 Å². The zero-order valence-corrected chi connectivity index (χ0v) is 16.0. The molecule has 1 aromatic carbocycles. The molecule has 144 valence electrons. The molecule has 0 saturated heterocycles. The number of fused-ring (bicyclic) bond motifs is 1. The van der Waals surface area contributed by atoms with E-state index < -0.39 is 0 Å². The van der Waals surface area contributed by atoms with Crippen molar-refractivity contribution in [3.63, 3.8) is 0 Å². The third-order valence-electron chi connectivity index (χ3n) is 4.05. The lowest BCUT2D eigenvalue weighted by Crippen LogP contribution is -1.99. The summed E-state index contributed by atoms with van der Waals surface area (Å²) in [6.07, 6.45) is 4.95. The van der Waals surface area contributed by atoms with Gasteiger partial charge in [-0.3, -0.25) is 0 Å². The van der Waals surface area contributed by atoms with Gasteiger partial charge in [0, 0.05) is 18.2 Å². The van der Waals surface area contributed by atoms with Crippen molar-refractivity contribution in [2.45, 2.75) is 0 Å². The van der Waals surface area contributed by atoms with E-state index in [-0.39, 0.29) is 5.28 Å². The summed E-state index contributed by atoms with van der Waals surface area (Å²) in [5.41, 5.74) is 1.87. The van der Waals surface area contributed by atoms with Crippen molar-refractivity contribution < 1.29 is 18.6 Å². The Kier molecular flexibility index (Phi) is 4.66. The lowest BCUT2D eigenvalue weighted by molar-refractivity contribution is 0.324. The number of anilines is 2. The fourth-order valence-corrected chi connectivity index (χ4v) is 2.96. The van der Waals surface area contributed by atoms with Crippen LogP contribution in [0.1, 0.15) is 0 Å². The van der Waals surface area contributed by atoms with Gasteiger partial charge in [-0.1, -0.05) is 0 Å². The summed E-state index contributed by atoms with van der Waals surface area (Å²) in [7, 11) is 4.69. The molecule has 4 rings (SSSR count). The van der Waals surface area contributed by atoms with Crippen molar-refractivity contribution in [1.82, 2.24) is 19.5 Å². The van der Waals surface area contributed by atoms with Gasteiger partial charge in [0.2, 0.25) is 11.0 Å². The van der Waals surface area contributed by atoms with Crippen LogP contribution in [0.5, 0.6) is 17.2 Å². The van der Waals surface area contributed by atoms with Crippen LogP contribution in [-0.2, 0) is 0 Å². The lowest BCUT2D eigenvalue weighted by Gasteiger charge is -2.14. The molecule has 0 fully saturated rings. The highest BCUT2D eigenvalue weighted by Gasteiger charge is 2.15. The number of ether oxygens (including phenoxy) is 3. The summed E-state index contributed by atoms with van der Waals surface area (Å²) >= 11 is 5.97. The molecule has 0 saturated carbocycles. The minimum Gasteiger partial charge on any atom is -0.493 e. The fourth-order valence-electron chi connectivity index (χ4n) is 2.79. The van der Waals surface area contributed by atoms with Crippen LogP contribution < -0.4 is 19.5 Å². The number of furan rings is 1. The third kappa shape index (κ3) is 3.16. The zero-order chi connectivity index (χ0) is 19.7. The van der Waals surface area contributed by atoms with Gasteiger partial charge in [0.15, 0.2) is 22.9 Å². The van der Waals surface area contributed by atoms with E-state index in [1.165, 1.54) is 6.26 Å². The Bertz CT molecular complexity index is 1120. The zero-order valence-electron chi connectivity index (χ0n) is 15.3. The molecule has 28 heavy (non-hydrogen) atoms. The van der Waals surface area contributed by atoms with Gasteiger partial charge in [-0.2, -0.15) is 4.98 Å². The first kappa shape index (κ1) is 17.9. The van der Waals surface area contributed by atoms with Gasteiger partial charge in [0.25, 0.3) is 0 Å². The Morgan fingerprint density at radius 1 is 1.07 bits per heavy atom. The number of benzene rings is 1. The number of hydrogen-bond donors (Lipinski definition) is 1. The maximum absolute atomic E-state index is 5.97. The summed E-state index contributed by atoms with van der Waals surface area (Å²) in [5.74, 6) is 2.57. The second kappa shape index (κ2) is 7.28. The minimum absolute atomic E-state index is 0.112. The summed E-state index contributed by atoms with van der Waals surface area (Å²) in [6, 6.07) is 5.35. The molecule has 3 aromatic heterocycles. The van der Waals surface area contributed by atoms with Gasteiger partial charge in [0.1, 0.15) is 17.7 Å². The van der Waals surface area contributed by atoms with Crippen molar-refractivity contribution >= 4 is 34.3 Å². The molecule has 0 aliphatic rings. The lowest BCUT2D eigenvalue weighted by atomic mass is 10.2. The number of aromatic nitrogens is 4. The standard InChI is InChI=1S/C18H16ClN5O4/c1-25-12-6-10(7-13(26-2)16(12)27-3)24-8-14(20-9-24)22-17-15-11(4-5-28-15)21-18(19)23-17/h4-9H,1-3H3,(H,21,22,23). The molecule has 4 aromatic rings. The van der Waals surface area contributed by atoms with Gasteiger partial charge in [-0.05, 0) is 11.6 Å². The van der Waals surface area contributed by atoms with E-state index in [2.05, 4.69) is 20.3 Å². The monoisotopic (exact) mass is 401 g/mol. The van der Waals surface area contributed by atoms with Gasteiger partial charge in [0.05, 0.1) is 39.5 Å². The molecular weight excluding hydrogens is 386 g/mol. The SMILES string of the molecule is COc1cc(-n2cnc(Nc3nc(Cl)nc4ccoc34)c2)cc(OC)c1OC. The van der Waals surface area contributed by atoms with Crippen LogP contribution in [0.4, 0.5) is 11.6 Å². The van der Waals surface area contributed by atoms with Crippen molar-refractivity contribution in [1.29, 1.82) is 0 Å². The predicted molar refractivity (Wildman–Crippen MR) is 103 cm³/mol. The second-order valence-electron chi connectivity index (χ2n) is 5.65. The largest absolute Gasteiger partial charge is 0.493 e. The Morgan fingerprint density at radius 3 is 2.50 bits per heavy atom. The van der Waals surface area contributed by atoms with Crippen molar-refractivity contribution in [2.24, 2.45) is 0 Å². The summed E-state index contributed by atoms with van der Waals surface area (Å²) in [5, 5.41) is 3.21. The highest BCUT2D eigenvalue weighted by Crippen LogP contribution is 2.39. The maximum atomic E-state index is 5.97. The molecule has 0 atom stereocenters. The van der Waals surface area contributed by atoms with E-state index in [0.29, 0.717) is 40.0 Å². The smallest absolute Gasteiger partial charge is 0.225 e. The Morgan fingerprint density at radius 2 is 1.82 bits per heavy atom. The fraction of sp³-hybridized carbons (Fsp3) is 0.167. The molecule has 10 heteroatoms. The molecule has 0 radical (unpaired) electrons. The Labute approximate surface area is 164 Å². The number of rotatable bonds is 6. The third-order valence-corrected chi connectivity index (χ3v) is 4.22.